The van der Waals surface area contributed by atoms with E-state index in [1.165, 1.54) is 0 Å². The second-order valence-corrected chi connectivity index (χ2v) is 7.56. The highest BCUT2D eigenvalue weighted by atomic mass is 32.2. The topological polar surface area (TPSA) is 83.5 Å². The van der Waals surface area contributed by atoms with Gasteiger partial charge in [-0.2, -0.15) is 0 Å². The number of hydrogen-bond acceptors (Lipinski definition) is 3. The van der Waals surface area contributed by atoms with Crippen LogP contribution in [0.1, 0.15) is 53.4 Å². The smallest absolute Gasteiger partial charge is 0.306 e. The fourth-order valence-electron chi connectivity index (χ4n) is 1.67. The number of hydrogen-bond donors (Lipinski definition) is 2. The molecule has 0 aromatic carbocycles. The Morgan fingerprint density at radius 2 is 1.68 bits per heavy atom. The summed E-state index contributed by atoms with van der Waals surface area (Å²) in [4.78, 5) is 10.6. The molecule has 0 heterocycles. The maximum Gasteiger partial charge on any atom is 0.306 e. The van der Waals surface area contributed by atoms with Gasteiger partial charge in [0, 0.05) is 6.04 Å². The molecule has 114 valence electrons. The summed E-state index contributed by atoms with van der Waals surface area (Å²) in [6, 6.07) is -0.141. The summed E-state index contributed by atoms with van der Waals surface area (Å²) < 4.78 is 26.1. The Morgan fingerprint density at radius 3 is 2.16 bits per heavy atom. The lowest BCUT2D eigenvalue weighted by Crippen LogP contribution is -2.34. The number of aliphatic carboxylic acids is 1. The van der Waals surface area contributed by atoms with E-state index >= 15 is 0 Å². The van der Waals surface area contributed by atoms with E-state index in [-0.39, 0.29) is 17.7 Å². The summed E-state index contributed by atoms with van der Waals surface area (Å²) in [5.74, 6) is -0.654. The SMILES string of the molecule is CC(C)CCS(=O)(=O)NC(C)CCCC(C)C(=O)O. The maximum atomic E-state index is 11.7. The normalized spacial score (nSPS) is 15.4. The molecule has 0 saturated carbocycles. The summed E-state index contributed by atoms with van der Waals surface area (Å²) in [5, 5.41) is 8.74. The van der Waals surface area contributed by atoms with Crippen molar-refractivity contribution in [2.45, 2.75) is 59.4 Å². The molecule has 0 aliphatic heterocycles. The second-order valence-electron chi connectivity index (χ2n) is 5.69. The average Bonchev–Trinajstić information content (AvgIpc) is 2.25. The van der Waals surface area contributed by atoms with E-state index in [1.807, 2.05) is 20.8 Å². The molecule has 0 amide bonds. The number of carbonyl (C=O) groups is 1. The highest BCUT2D eigenvalue weighted by Gasteiger charge is 2.16. The minimum Gasteiger partial charge on any atom is -0.481 e. The summed E-state index contributed by atoms with van der Waals surface area (Å²) in [5.41, 5.74) is 0. The molecule has 2 N–H and O–H groups in total. The van der Waals surface area contributed by atoms with Gasteiger partial charge in [0.25, 0.3) is 0 Å². The van der Waals surface area contributed by atoms with E-state index in [1.54, 1.807) is 6.92 Å². The lowest BCUT2D eigenvalue weighted by Gasteiger charge is -2.15. The van der Waals surface area contributed by atoms with Crippen molar-refractivity contribution in [1.82, 2.24) is 4.72 Å². The van der Waals surface area contributed by atoms with Gasteiger partial charge in [-0.3, -0.25) is 4.79 Å². The predicted octanol–water partition coefficient (Wildman–Crippen LogP) is 2.23. The number of carboxylic acid groups (broad SMARTS) is 1. The average molecular weight is 293 g/mol. The van der Waals surface area contributed by atoms with Crippen molar-refractivity contribution in [3.05, 3.63) is 0 Å². The van der Waals surface area contributed by atoms with Crippen LogP contribution in [-0.4, -0.2) is 31.3 Å². The van der Waals surface area contributed by atoms with Crippen molar-refractivity contribution in [3.63, 3.8) is 0 Å². The minimum absolute atomic E-state index is 0.141. The monoisotopic (exact) mass is 293 g/mol. The highest BCUT2D eigenvalue weighted by molar-refractivity contribution is 7.89. The second kappa shape index (κ2) is 8.53. The molecule has 0 fully saturated rings. The van der Waals surface area contributed by atoms with Gasteiger partial charge in [0.2, 0.25) is 10.0 Å². The molecule has 0 saturated heterocycles. The van der Waals surface area contributed by atoms with Crippen molar-refractivity contribution in [3.8, 4) is 0 Å². The zero-order valence-corrected chi connectivity index (χ0v) is 13.2. The summed E-state index contributed by atoms with van der Waals surface area (Å²) in [6.45, 7) is 7.47. The van der Waals surface area contributed by atoms with Crippen LogP contribution in [0.5, 0.6) is 0 Å². The van der Waals surface area contributed by atoms with E-state index in [9.17, 15) is 13.2 Å². The molecule has 2 unspecified atom stereocenters. The first-order valence-electron chi connectivity index (χ1n) is 6.87. The first kappa shape index (κ1) is 18.4. The molecule has 0 radical (unpaired) electrons. The summed E-state index contributed by atoms with van der Waals surface area (Å²) in [6.07, 6.45) is 2.60. The van der Waals surface area contributed by atoms with E-state index in [2.05, 4.69) is 4.72 Å². The molecule has 0 bridgehead atoms. The van der Waals surface area contributed by atoms with E-state index in [0.29, 0.717) is 31.6 Å². The molecule has 0 aromatic rings. The first-order chi connectivity index (χ1) is 8.64. The van der Waals surface area contributed by atoms with Crippen molar-refractivity contribution in [1.29, 1.82) is 0 Å². The Balaban J connectivity index is 3.96. The molecule has 2 atom stereocenters. The van der Waals surface area contributed by atoms with Crippen LogP contribution >= 0.6 is 0 Å². The molecule has 6 heteroatoms. The van der Waals surface area contributed by atoms with Crippen LogP contribution in [-0.2, 0) is 14.8 Å². The zero-order chi connectivity index (χ0) is 15.1. The third-order valence-electron chi connectivity index (χ3n) is 3.04. The first-order valence-corrected chi connectivity index (χ1v) is 8.52. The van der Waals surface area contributed by atoms with Crippen LogP contribution < -0.4 is 4.72 Å². The molecule has 0 aliphatic rings. The molecule has 0 aliphatic carbocycles. The van der Waals surface area contributed by atoms with E-state index < -0.39 is 16.0 Å². The predicted molar refractivity (Wildman–Crippen MR) is 76.5 cm³/mol. The Bertz CT molecular complexity index is 365. The Morgan fingerprint density at radius 1 is 1.11 bits per heavy atom. The molecule has 5 nitrogen and oxygen atoms in total. The quantitative estimate of drug-likeness (QED) is 0.647. The van der Waals surface area contributed by atoms with Gasteiger partial charge in [0.05, 0.1) is 11.7 Å². The van der Waals surface area contributed by atoms with E-state index in [4.69, 9.17) is 5.11 Å². The fourth-order valence-corrected chi connectivity index (χ4v) is 3.30. The van der Waals surface area contributed by atoms with Crippen LogP contribution in [0.3, 0.4) is 0 Å². The lowest BCUT2D eigenvalue weighted by molar-refractivity contribution is -0.141. The van der Waals surface area contributed by atoms with Crippen molar-refractivity contribution >= 4 is 16.0 Å². The molecule has 0 aromatic heterocycles. The molecule has 0 spiro atoms. The van der Waals surface area contributed by atoms with Crippen LogP contribution in [0, 0.1) is 11.8 Å². The van der Waals surface area contributed by atoms with Crippen LogP contribution in [0.25, 0.3) is 0 Å². The summed E-state index contributed by atoms with van der Waals surface area (Å²) in [7, 11) is -3.21. The van der Waals surface area contributed by atoms with Crippen LogP contribution in [0.2, 0.25) is 0 Å². The zero-order valence-electron chi connectivity index (χ0n) is 12.3. The van der Waals surface area contributed by atoms with Gasteiger partial charge < -0.3 is 5.11 Å². The third kappa shape index (κ3) is 9.90. The number of rotatable bonds is 10. The largest absolute Gasteiger partial charge is 0.481 e. The minimum atomic E-state index is -3.21. The van der Waals surface area contributed by atoms with Crippen molar-refractivity contribution in [2.75, 3.05) is 5.75 Å². The number of sulfonamides is 1. The van der Waals surface area contributed by atoms with Gasteiger partial charge in [-0.25, -0.2) is 13.1 Å². The molecule has 0 rings (SSSR count). The van der Waals surface area contributed by atoms with Crippen LogP contribution in [0.15, 0.2) is 0 Å². The Kier molecular flexibility index (Phi) is 8.25. The van der Waals surface area contributed by atoms with Gasteiger partial charge >= 0.3 is 5.97 Å². The maximum absolute atomic E-state index is 11.7. The van der Waals surface area contributed by atoms with Gasteiger partial charge in [0.15, 0.2) is 0 Å². The van der Waals surface area contributed by atoms with Gasteiger partial charge in [-0.05, 0) is 32.1 Å². The van der Waals surface area contributed by atoms with E-state index in [0.717, 1.165) is 0 Å². The molecular weight excluding hydrogens is 266 g/mol. The third-order valence-corrected chi connectivity index (χ3v) is 4.58. The van der Waals surface area contributed by atoms with Gasteiger partial charge in [-0.15, -0.1) is 0 Å². The van der Waals surface area contributed by atoms with Crippen LogP contribution in [0.4, 0.5) is 0 Å². The summed E-state index contributed by atoms with van der Waals surface area (Å²) >= 11 is 0. The Labute approximate surface area is 116 Å². The standard InChI is InChI=1S/C13H27NO4S/c1-10(2)8-9-19(17,18)14-12(4)7-5-6-11(3)13(15)16/h10-12,14H,5-9H2,1-4H3,(H,15,16). The van der Waals surface area contributed by atoms with Gasteiger partial charge in [0.1, 0.15) is 0 Å². The fraction of sp³-hybridized carbons (Fsp3) is 0.923. The molecule has 19 heavy (non-hydrogen) atoms. The van der Waals surface area contributed by atoms with Gasteiger partial charge in [-0.1, -0.05) is 27.2 Å². The lowest BCUT2D eigenvalue weighted by atomic mass is 10.0. The van der Waals surface area contributed by atoms with Crippen molar-refractivity contribution in [2.24, 2.45) is 11.8 Å². The molecular formula is C13H27NO4S. The Hall–Kier alpha value is -0.620. The van der Waals surface area contributed by atoms with Crippen molar-refractivity contribution < 1.29 is 18.3 Å². The highest BCUT2D eigenvalue weighted by Crippen LogP contribution is 2.10. The number of carboxylic acids is 1. The number of nitrogens with one attached hydrogen (secondary N) is 1.